The molecule has 2 atom stereocenters. The van der Waals surface area contributed by atoms with E-state index >= 15 is 0 Å². The van der Waals surface area contributed by atoms with Crippen LogP contribution in [0.1, 0.15) is 58.7 Å². The molecule has 2 rings (SSSR count). The summed E-state index contributed by atoms with van der Waals surface area (Å²) in [6.07, 6.45) is 4.44. The molecule has 1 saturated heterocycles. The van der Waals surface area contributed by atoms with Gasteiger partial charge >= 0.3 is 5.97 Å². The van der Waals surface area contributed by atoms with Gasteiger partial charge in [0.15, 0.2) is 0 Å². The first-order valence-electron chi connectivity index (χ1n) is 7.73. The third-order valence-electron chi connectivity index (χ3n) is 3.78. The van der Waals surface area contributed by atoms with Crippen LogP contribution >= 0.6 is 0 Å². The summed E-state index contributed by atoms with van der Waals surface area (Å²) in [4.78, 5) is 18.9. The molecule has 1 N–H and O–H groups in total. The summed E-state index contributed by atoms with van der Waals surface area (Å²) in [7, 11) is 0. The lowest BCUT2D eigenvalue weighted by atomic mass is 9.95. The molecule has 1 fully saturated rings. The monoisotopic (exact) mass is 294 g/mol. The number of nitrogens with one attached hydrogen (secondary N) is 1. The van der Waals surface area contributed by atoms with Crippen molar-refractivity contribution >= 4 is 5.97 Å². The number of carbonyl (C=O) groups is 1. The Balaban J connectivity index is 2.02. The molecular formula is C15H26N4O2. The zero-order chi connectivity index (χ0) is 15.5. The number of piperidine rings is 1. The van der Waals surface area contributed by atoms with Crippen molar-refractivity contribution in [1.82, 2.24) is 20.1 Å². The minimum Gasteiger partial charge on any atom is -0.459 e. The Bertz CT molecular complexity index is 453. The van der Waals surface area contributed by atoms with E-state index in [2.05, 4.69) is 20.1 Å². The maximum Gasteiger partial charge on any atom is 0.323 e. The van der Waals surface area contributed by atoms with Crippen molar-refractivity contribution in [2.75, 3.05) is 13.1 Å². The Morgan fingerprint density at radius 1 is 1.57 bits per heavy atom. The normalized spacial score (nSPS) is 22.0. The number of rotatable bonds is 4. The Kier molecular flexibility index (Phi) is 4.98. The minimum atomic E-state index is -0.440. The fourth-order valence-electron chi connectivity index (χ4n) is 2.87. The van der Waals surface area contributed by atoms with Crippen LogP contribution in [0.2, 0.25) is 0 Å². The Labute approximate surface area is 126 Å². The molecule has 6 heteroatoms. The van der Waals surface area contributed by atoms with Gasteiger partial charge in [0.2, 0.25) is 0 Å². The minimum absolute atomic E-state index is 0.122. The van der Waals surface area contributed by atoms with Crippen LogP contribution in [0.4, 0.5) is 0 Å². The zero-order valence-corrected chi connectivity index (χ0v) is 13.4. The van der Waals surface area contributed by atoms with Gasteiger partial charge in [-0.15, -0.1) is 0 Å². The Morgan fingerprint density at radius 2 is 2.33 bits per heavy atom. The molecule has 0 bridgehead atoms. The molecule has 0 aliphatic carbocycles. The number of H-pyrrole nitrogens is 1. The quantitative estimate of drug-likeness (QED) is 0.861. The molecule has 0 radical (unpaired) electrons. The van der Waals surface area contributed by atoms with E-state index in [1.54, 1.807) is 6.33 Å². The molecule has 0 saturated carbocycles. The van der Waals surface area contributed by atoms with Crippen molar-refractivity contribution in [2.45, 2.75) is 64.5 Å². The lowest BCUT2D eigenvalue weighted by molar-refractivity contribution is -0.162. The highest BCUT2D eigenvalue weighted by molar-refractivity contribution is 5.76. The summed E-state index contributed by atoms with van der Waals surface area (Å²) in [5, 5.41) is 6.87. The first kappa shape index (κ1) is 15.9. The van der Waals surface area contributed by atoms with Gasteiger partial charge in [-0.2, -0.15) is 5.10 Å². The molecule has 0 amide bonds. The van der Waals surface area contributed by atoms with Gasteiger partial charge in [-0.05, 0) is 46.6 Å². The number of esters is 1. The number of nitrogens with zero attached hydrogens (tertiary/aromatic N) is 3. The number of aromatic nitrogens is 3. The first-order valence-corrected chi connectivity index (χ1v) is 7.73. The van der Waals surface area contributed by atoms with Crippen LogP contribution in [0.25, 0.3) is 0 Å². The summed E-state index contributed by atoms with van der Waals surface area (Å²) in [5.74, 6) is 1.11. The largest absolute Gasteiger partial charge is 0.459 e. The molecule has 1 aliphatic rings. The van der Waals surface area contributed by atoms with Crippen LogP contribution in [0.15, 0.2) is 6.33 Å². The lowest BCUT2D eigenvalue weighted by Gasteiger charge is -2.37. The van der Waals surface area contributed by atoms with Crippen molar-refractivity contribution < 1.29 is 9.53 Å². The average Bonchev–Trinajstić information content (AvgIpc) is 2.91. The van der Waals surface area contributed by atoms with E-state index in [9.17, 15) is 4.79 Å². The Morgan fingerprint density at radius 3 is 2.90 bits per heavy atom. The average molecular weight is 294 g/mol. The summed E-state index contributed by atoms with van der Waals surface area (Å²) < 4.78 is 5.55. The van der Waals surface area contributed by atoms with E-state index in [1.807, 2.05) is 27.7 Å². The van der Waals surface area contributed by atoms with Crippen molar-refractivity contribution in [3.05, 3.63) is 12.2 Å². The lowest BCUT2D eigenvalue weighted by Crippen LogP contribution is -2.48. The van der Waals surface area contributed by atoms with E-state index in [0.717, 1.165) is 38.2 Å². The molecule has 0 aromatic carbocycles. The highest BCUT2D eigenvalue weighted by Gasteiger charge is 2.33. The zero-order valence-electron chi connectivity index (χ0n) is 13.4. The highest BCUT2D eigenvalue weighted by atomic mass is 16.6. The van der Waals surface area contributed by atoms with Gasteiger partial charge in [-0.25, -0.2) is 4.98 Å². The third-order valence-corrected chi connectivity index (χ3v) is 3.78. The molecule has 1 aromatic rings. The second-order valence-electron chi connectivity index (χ2n) is 6.66. The molecule has 6 nitrogen and oxygen atoms in total. The summed E-state index contributed by atoms with van der Waals surface area (Å²) in [6, 6.07) is -0.171. The third kappa shape index (κ3) is 4.27. The number of hydrogen-bond acceptors (Lipinski definition) is 5. The standard InChI is InChI=1S/C15H26N4O2/c1-5-12(14(20)21-15(2,3)4)19-8-6-7-11(9-19)13-16-10-17-18-13/h10-12H,5-9H2,1-4H3,(H,16,17,18). The van der Waals surface area contributed by atoms with Gasteiger partial charge in [-0.1, -0.05) is 6.92 Å². The molecule has 0 spiro atoms. The van der Waals surface area contributed by atoms with Crippen LogP contribution in [0, 0.1) is 0 Å². The molecule has 118 valence electrons. The molecule has 1 aliphatic heterocycles. The molecule has 21 heavy (non-hydrogen) atoms. The maximum absolute atomic E-state index is 12.4. The number of aromatic amines is 1. The second kappa shape index (κ2) is 6.56. The van der Waals surface area contributed by atoms with Crippen LogP contribution in [0.3, 0.4) is 0 Å². The maximum atomic E-state index is 12.4. The van der Waals surface area contributed by atoms with Crippen LogP contribution in [-0.2, 0) is 9.53 Å². The van der Waals surface area contributed by atoms with Crippen LogP contribution in [0.5, 0.6) is 0 Å². The van der Waals surface area contributed by atoms with E-state index in [1.165, 1.54) is 0 Å². The van der Waals surface area contributed by atoms with Crippen LogP contribution < -0.4 is 0 Å². The van der Waals surface area contributed by atoms with Gasteiger partial charge < -0.3 is 4.74 Å². The number of likely N-dealkylation sites (tertiary alicyclic amines) is 1. The van der Waals surface area contributed by atoms with Gasteiger partial charge in [0.25, 0.3) is 0 Å². The number of carbonyl (C=O) groups excluding carboxylic acids is 1. The first-order chi connectivity index (χ1) is 9.90. The molecule has 2 heterocycles. The Hall–Kier alpha value is -1.43. The van der Waals surface area contributed by atoms with Crippen molar-refractivity contribution in [3.63, 3.8) is 0 Å². The topological polar surface area (TPSA) is 71.1 Å². The fourth-order valence-corrected chi connectivity index (χ4v) is 2.87. The van der Waals surface area contributed by atoms with Crippen molar-refractivity contribution in [2.24, 2.45) is 0 Å². The summed E-state index contributed by atoms with van der Waals surface area (Å²) >= 11 is 0. The highest BCUT2D eigenvalue weighted by Crippen LogP contribution is 2.26. The van der Waals surface area contributed by atoms with E-state index in [4.69, 9.17) is 4.74 Å². The molecule has 2 unspecified atom stereocenters. The van der Waals surface area contributed by atoms with E-state index in [-0.39, 0.29) is 12.0 Å². The van der Waals surface area contributed by atoms with E-state index in [0.29, 0.717) is 5.92 Å². The van der Waals surface area contributed by atoms with E-state index < -0.39 is 5.60 Å². The summed E-state index contributed by atoms with van der Waals surface area (Å²) in [5.41, 5.74) is -0.440. The fraction of sp³-hybridized carbons (Fsp3) is 0.800. The predicted molar refractivity (Wildman–Crippen MR) is 79.9 cm³/mol. The smallest absolute Gasteiger partial charge is 0.323 e. The predicted octanol–water partition coefficient (Wildman–Crippen LogP) is 2.10. The van der Waals surface area contributed by atoms with Gasteiger partial charge in [0.05, 0.1) is 0 Å². The van der Waals surface area contributed by atoms with Crippen molar-refractivity contribution in [3.8, 4) is 0 Å². The number of hydrogen-bond donors (Lipinski definition) is 1. The number of ether oxygens (including phenoxy) is 1. The molecule has 1 aromatic heterocycles. The van der Waals surface area contributed by atoms with Gasteiger partial charge in [0.1, 0.15) is 23.8 Å². The van der Waals surface area contributed by atoms with Crippen molar-refractivity contribution in [1.29, 1.82) is 0 Å². The van der Waals surface area contributed by atoms with Gasteiger partial charge in [0, 0.05) is 12.5 Å². The van der Waals surface area contributed by atoms with Crippen LogP contribution in [-0.4, -0.2) is 50.8 Å². The second-order valence-corrected chi connectivity index (χ2v) is 6.66. The molecular weight excluding hydrogens is 268 g/mol. The SMILES string of the molecule is CCC(C(=O)OC(C)(C)C)N1CCCC(c2ncn[nH]2)C1. The summed E-state index contributed by atoms with van der Waals surface area (Å²) in [6.45, 7) is 9.52. The van der Waals surface area contributed by atoms with Gasteiger partial charge in [-0.3, -0.25) is 14.8 Å².